The van der Waals surface area contributed by atoms with Crippen molar-refractivity contribution in [3.63, 3.8) is 0 Å². The second-order valence-electron chi connectivity index (χ2n) is 6.75. The van der Waals surface area contributed by atoms with Gasteiger partial charge in [0.15, 0.2) is 0 Å². The van der Waals surface area contributed by atoms with E-state index in [1.54, 1.807) is 0 Å². The highest BCUT2D eigenvalue weighted by Crippen LogP contribution is 2.17. The van der Waals surface area contributed by atoms with Crippen LogP contribution in [0.15, 0.2) is 0 Å². The van der Waals surface area contributed by atoms with Crippen LogP contribution in [0.5, 0.6) is 0 Å². The summed E-state index contributed by atoms with van der Waals surface area (Å²) in [5.41, 5.74) is 0. The number of rotatable bonds is 8. The van der Waals surface area contributed by atoms with Crippen LogP contribution in [0.1, 0.15) is 13.8 Å². The molecule has 1 aliphatic rings. The molecule has 0 spiro atoms. The van der Waals surface area contributed by atoms with Crippen LogP contribution in [0.4, 0.5) is 0 Å². The number of hydrogen-bond donors (Lipinski definition) is 0. The minimum Gasteiger partial charge on any atom is -0.395 e. The SMILES string of the molecule is CCO[Si](C)(CCN1CCN([Si](C)(C)C)CC1)OCC. The van der Waals surface area contributed by atoms with E-state index < -0.39 is 16.8 Å². The summed E-state index contributed by atoms with van der Waals surface area (Å²) in [6, 6.07) is 1.08. The normalized spacial score (nSPS) is 19.5. The molecule has 0 bridgehead atoms. The van der Waals surface area contributed by atoms with Gasteiger partial charge in [0, 0.05) is 52.0 Å². The predicted molar refractivity (Wildman–Crippen MR) is 91.0 cm³/mol. The van der Waals surface area contributed by atoms with Gasteiger partial charge in [0.05, 0.1) is 0 Å². The highest BCUT2D eigenvalue weighted by atomic mass is 28.4. The molecule has 0 aromatic carbocycles. The summed E-state index contributed by atoms with van der Waals surface area (Å²) in [6.45, 7) is 21.2. The monoisotopic (exact) mass is 318 g/mol. The van der Waals surface area contributed by atoms with Crippen molar-refractivity contribution in [2.75, 3.05) is 45.9 Å². The standard InChI is InChI=1S/C14H34N2O2Si2/c1-7-17-20(6,18-8-2)14-13-15-9-11-16(12-10-15)19(3,4)5/h7-14H2,1-6H3. The largest absolute Gasteiger partial charge is 0.395 e. The summed E-state index contributed by atoms with van der Waals surface area (Å²) in [5, 5.41) is 0. The average Bonchev–Trinajstić information content (AvgIpc) is 2.37. The third-order valence-corrected chi connectivity index (χ3v) is 9.38. The highest BCUT2D eigenvalue weighted by Gasteiger charge is 2.32. The van der Waals surface area contributed by atoms with Crippen LogP contribution in [-0.4, -0.2) is 72.2 Å². The molecule has 4 nitrogen and oxygen atoms in total. The summed E-state index contributed by atoms with van der Waals surface area (Å²) < 4.78 is 14.6. The summed E-state index contributed by atoms with van der Waals surface area (Å²) in [6.07, 6.45) is 0. The molecule has 20 heavy (non-hydrogen) atoms. The van der Waals surface area contributed by atoms with Gasteiger partial charge in [-0.25, -0.2) is 0 Å². The Kier molecular flexibility index (Phi) is 7.38. The van der Waals surface area contributed by atoms with Crippen LogP contribution < -0.4 is 0 Å². The molecule has 1 rings (SSSR count). The number of nitrogens with zero attached hydrogens (tertiary/aromatic N) is 2. The highest BCUT2D eigenvalue weighted by molar-refractivity contribution is 6.73. The third kappa shape index (κ3) is 5.95. The Labute approximate surface area is 127 Å². The van der Waals surface area contributed by atoms with E-state index in [1.165, 1.54) is 26.2 Å². The first-order chi connectivity index (χ1) is 9.30. The van der Waals surface area contributed by atoms with Crippen molar-refractivity contribution in [1.29, 1.82) is 0 Å². The van der Waals surface area contributed by atoms with Crippen molar-refractivity contribution in [3.8, 4) is 0 Å². The van der Waals surface area contributed by atoms with Gasteiger partial charge in [0.25, 0.3) is 0 Å². The molecule has 0 aromatic rings. The zero-order valence-electron chi connectivity index (χ0n) is 14.4. The Morgan fingerprint density at radius 2 is 1.35 bits per heavy atom. The fourth-order valence-electron chi connectivity index (χ4n) is 2.80. The van der Waals surface area contributed by atoms with E-state index in [2.05, 4.69) is 49.5 Å². The minimum absolute atomic E-state index is 0.770. The lowest BCUT2D eigenvalue weighted by atomic mass is 10.4. The molecule has 0 radical (unpaired) electrons. The maximum atomic E-state index is 5.92. The molecule has 0 unspecified atom stereocenters. The molecule has 120 valence electrons. The molecule has 0 aromatic heterocycles. The van der Waals surface area contributed by atoms with Crippen LogP contribution in [0.3, 0.4) is 0 Å². The van der Waals surface area contributed by atoms with Gasteiger partial charge in [-0.15, -0.1) is 0 Å². The Morgan fingerprint density at radius 3 is 1.75 bits per heavy atom. The van der Waals surface area contributed by atoms with Gasteiger partial charge in [-0.1, -0.05) is 19.6 Å². The minimum atomic E-state index is -1.93. The van der Waals surface area contributed by atoms with E-state index in [0.717, 1.165) is 25.8 Å². The zero-order valence-corrected chi connectivity index (χ0v) is 16.4. The smallest absolute Gasteiger partial charge is 0.336 e. The van der Waals surface area contributed by atoms with Crippen molar-refractivity contribution in [2.45, 2.75) is 46.1 Å². The van der Waals surface area contributed by atoms with Gasteiger partial charge in [-0.05, 0) is 20.4 Å². The van der Waals surface area contributed by atoms with Crippen LogP contribution in [0, 0.1) is 0 Å². The first kappa shape index (κ1) is 18.3. The van der Waals surface area contributed by atoms with E-state index in [4.69, 9.17) is 8.85 Å². The Morgan fingerprint density at radius 1 is 0.850 bits per heavy atom. The van der Waals surface area contributed by atoms with E-state index in [1.807, 2.05) is 0 Å². The number of hydrogen-bond acceptors (Lipinski definition) is 4. The van der Waals surface area contributed by atoms with Crippen molar-refractivity contribution in [1.82, 2.24) is 9.47 Å². The van der Waals surface area contributed by atoms with Crippen LogP contribution in [-0.2, 0) is 8.85 Å². The summed E-state index contributed by atoms with van der Waals surface area (Å²) >= 11 is 0. The molecule has 1 saturated heterocycles. The summed E-state index contributed by atoms with van der Waals surface area (Å²) in [7, 11) is -3.04. The van der Waals surface area contributed by atoms with Crippen molar-refractivity contribution in [3.05, 3.63) is 0 Å². The molecule has 1 fully saturated rings. The van der Waals surface area contributed by atoms with Gasteiger partial charge >= 0.3 is 8.56 Å². The maximum Gasteiger partial charge on any atom is 0.336 e. The van der Waals surface area contributed by atoms with E-state index in [0.29, 0.717) is 0 Å². The van der Waals surface area contributed by atoms with Crippen LogP contribution in [0.25, 0.3) is 0 Å². The van der Waals surface area contributed by atoms with E-state index >= 15 is 0 Å². The molecule has 0 saturated carbocycles. The molecule has 1 heterocycles. The Balaban J connectivity index is 2.36. The van der Waals surface area contributed by atoms with Gasteiger partial charge in [-0.3, -0.25) is 0 Å². The van der Waals surface area contributed by atoms with Crippen LogP contribution in [0.2, 0.25) is 32.2 Å². The lowest BCUT2D eigenvalue weighted by Gasteiger charge is -2.42. The molecular formula is C14H34N2O2Si2. The van der Waals surface area contributed by atoms with E-state index in [-0.39, 0.29) is 0 Å². The first-order valence-corrected chi connectivity index (χ1v) is 14.0. The zero-order chi connectivity index (χ0) is 15.2. The second kappa shape index (κ2) is 8.05. The quantitative estimate of drug-likeness (QED) is 0.642. The molecule has 0 amide bonds. The lowest BCUT2D eigenvalue weighted by Crippen LogP contribution is -2.56. The van der Waals surface area contributed by atoms with Crippen molar-refractivity contribution >= 4 is 16.8 Å². The maximum absolute atomic E-state index is 5.92. The molecule has 0 aliphatic carbocycles. The number of piperazine rings is 1. The van der Waals surface area contributed by atoms with Crippen LogP contribution >= 0.6 is 0 Å². The third-order valence-electron chi connectivity index (χ3n) is 4.10. The first-order valence-electron chi connectivity index (χ1n) is 8.06. The molecule has 6 heteroatoms. The van der Waals surface area contributed by atoms with Gasteiger partial charge in [-0.2, -0.15) is 0 Å². The summed E-state index contributed by atoms with van der Waals surface area (Å²) in [4.78, 5) is 2.58. The molecule has 0 atom stereocenters. The van der Waals surface area contributed by atoms with E-state index in [9.17, 15) is 0 Å². The van der Waals surface area contributed by atoms with Crippen molar-refractivity contribution in [2.24, 2.45) is 0 Å². The summed E-state index contributed by atoms with van der Waals surface area (Å²) in [5.74, 6) is 0. The predicted octanol–water partition coefficient (Wildman–Crippen LogP) is 2.58. The average molecular weight is 319 g/mol. The van der Waals surface area contributed by atoms with Crippen molar-refractivity contribution < 1.29 is 8.85 Å². The fourth-order valence-corrected chi connectivity index (χ4v) is 6.66. The Hall–Kier alpha value is 0.274. The van der Waals surface area contributed by atoms with Gasteiger partial charge in [0.2, 0.25) is 0 Å². The molecule has 0 N–H and O–H groups in total. The Bertz CT molecular complexity index is 271. The molecule has 1 aliphatic heterocycles. The lowest BCUT2D eigenvalue weighted by molar-refractivity contribution is 0.164. The topological polar surface area (TPSA) is 24.9 Å². The van der Waals surface area contributed by atoms with Gasteiger partial charge < -0.3 is 18.3 Å². The van der Waals surface area contributed by atoms with Gasteiger partial charge in [0.1, 0.15) is 8.24 Å². The fraction of sp³-hybridized carbons (Fsp3) is 1.00. The second-order valence-corrected chi connectivity index (χ2v) is 15.1. The molecular weight excluding hydrogens is 284 g/mol.